The van der Waals surface area contributed by atoms with Crippen molar-refractivity contribution in [3.8, 4) is 11.5 Å². The summed E-state index contributed by atoms with van der Waals surface area (Å²) in [5.41, 5.74) is 1.96. The van der Waals surface area contributed by atoms with E-state index in [0.29, 0.717) is 24.0 Å². The number of benzene rings is 2. The monoisotopic (exact) mass is 369 g/mol. The van der Waals surface area contributed by atoms with Crippen molar-refractivity contribution in [2.45, 2.75) is 52.4 Å². The average Bonchev–Trinajstić information content (AvgIpc) is 2.67. The average molecular weight is 370 g/mol. The van der Waals surface area contributed by atoms with Gasteiger partial charge in [-0.15, -0.1) is 0 Å². The largest absolute Gasteiger partial charge is 0.494 e. The molecule has 2 aromatic carbocycles. The normalized spacial score (nSPS) is 10.7. The summed E-state index contributed by atoms with van der Waals surface area (Å²) in [4.78, 5) is 12.1. The zero-order valence-corrected chi connectivity index (χ0v) is 16.7. The van der Waals surface area contributed by atoms with Crippen molar-refractivity contribution >= 4 is 11.6 Å². The summed E-state index contributed by atoms with van der Waals surface area (Å²) in [5, 5.41) is 2.85. The van der Waals surface area contributed by atoms with E-state index in [0.717, 1.165) is 12.2 Å². The van der Waals surface area contributed by atoms with Crippen molar-refractivity contribution in [1.29, 1.82) is 0 Å². The van der Waals surface area contributed by atoms with Crippen LogP contribution in [0.25, 0.3) is 0 Å². The molecule has 0 fully saturated rings. The Hall–Kier alpha value is -2.49. The fourth-order valence-electron chi connectivity index (χ4n) is 2.68. The van der Waals surface area contributed by atoms with E-state index in [1.165, 1.54) is 24.8 Å². The molecule has 0 spiro atoms. The van der Waals surface area contributed by atoms with Crippen LogP contribution < -0.4 is 14.8 Å². The highest BCUT2D eigenvalue weighted by Crippen LogP contribution is 2.20. The molecule has 0 saturated carbocycles. The van der Waals surface area contributed by atoms with Crippen molar-refractivity contribution in [2.24, 2.45) is 0 Å². The molecule has 27 heavy (non-hydrogen) atoms. The Labute approximate surface area is 162 Å². The van der Waals surface area contributed by atoms with E-state index in [-0.39, 0.29) is 12.5 Å². The van der Waals surface area contributed by atoms with Crippen molar-refractivity contribution < 1.29 is 14.3 Å². The second kappa shape index (κ2) is 11.3. The number of rotatable bonds is 11. The van der Waals surface area contributed by atoms with Gasteiger partial charge in [0.05, 0.1) is 6.61 Å². The molecule has 4 nitrogen and oxygen atoms in total. The van der Waals surface area contributed by atoms with Crippen LogP contribution in [0.1, 0.15) is 57.9 Å². The molecule has 2 rings (SSSR count). The number of hydrogen-bond donors (Lipinski definition) is 1. The van der Waals surface area contributed by atoms with Crippen LogP contribution in [0, 0.1) is 0 Å². The van der Waals surface area contributed by atoms with Gasteiger partial charge < -0.3 is 14.8 Å². The minimum Gasteiger partial charge on any atom is -0.494 e. The molecular formula is C23H31NO3. The Bertz CT molecular complexity index is 695. The van der Waals surface area contributed by atoms with E-state index in [1.54, 1.807) is 0 Å². The maximum absolute atomic E-state index is 12.1. The van der Waals surface area contributed by atoms with Crippen LogP contribution >= 0.6 is 0 Å². The SMILES string of the molecule is CCCCCCOc1cccc(NC(=O)COc2ccc(C(C)C)cc2)c1. The molecule has 0 radical (unpaired) electrons. The molecule has 2 aromatic rings. The third-order valence-corrected chi connectivity index (χ3v) is 4.30. The summed E-state index contributed by atoms with van der Waals surface area (Å²) in [6, 6.07) is 15.3. The first-order valence-electron chi connectivity index (χ1n) is 9.84. The van der Waals surface area contributed by atoms with Crippen LogP contribution in [0.2, 0.25) is 0 Å². The molecule has 0 aromatic heterocycles. The van der Waals surface area contributed by atoms with Gasteiger partial charge in [-0.3, -0.25) is 4.79 Å². The number of amides is 1. The van der Waals surface area contributed by atoms with Crippen molar-refractivity contribution in [1.82, 2.24) is 0 Å². The third kappa shape index (κ3) is 7.73. The lowest BCUT2D eigenvalue weighted by molar-refractivity contribution is -0.118. The number of carbonyl (C=O) groups excluding carboxylic acids is 1. The molecule has 0 heterocycles. The zero-order chi connectivity index (χ0) is 19.5. The molecule has 0 aliphatic rings. The van der Waals surface area contributed by atoms with Crippen LogP contribution in [0.15, 0.2) is 48.5 Å². The smallest absolute Gasteiger partial charge is 0.262 e. The topological polar surface area (TPSA) is 47.6 Å². The van der Waals surface area contributed by atoms with E-state index in [2.05, 4.69) is 26.1 Å². The standard InChI is InChI=1S/C23H31NO3/c1-4-5-6-7-15-26-22-10-8-9-20(16-22)24-23(25)17-27-21-13-11-19(12-14-21)18(2)3/h8-14,16,18H,4-7,15,17H2,1-3H3,(H,24,25). The van der Waals surface area contributed by atoms with E-state index in [4.69, 9.17) is 9.47 Å². The van der Waals surface area contributed by atoms with Gasteiger partial charge in [0.1, 0.15) is 11.5 Å². The lowest BCUT2D eigenvalue weighted by Gasteiger charge is -2.11. The summed E-state index contributed by atoms with van der Waals surface area (Å²) in [5.74, 6) is 1.75. The molecule has 0 unspecified atom stereocenters. The van der Waals surface area contributed by atoms with Gasteiger partial charge in [0.2, 0.25) is 0 Å². The van der Waals surface area contributed by atoms with E-state index in [9.17, 15) is 4.79 Å². The zero-order valence-electron chi connectivity index (χ0n) is 16.7. The fourth-order valence-corrected chi connectivity index (χ4v) is 2.68. The van der Waals surface area contributed by atoms with Gasteiger partial charge in [0.15, 0.2) is 6.61 Å². The maximum atomic E-state index is 12.1. The Morgan fingerprint density at radius 1 is 0.963 bits per heavy atom. The summed E-state index contributed by atoms with van der Waals surface area (Å²) in [7, 11) is 0. The molecule has 0 bridgehead atoms. The molecular weight excluding hydrogens is 338 g/mol. The van der Waals surface area contributed by atoms with Gasteiger partial charge in [-0.25, -0.2) is 0 Å². The number of hydrogen-bond acceptors (Lipinski definition) is 3. The number of ether oxygens (including phenoxy) is 2. The van der Waals surface area contributed by atoms with Crippen LogP contribution in [-0.4, -0.2) is 19.1 Å². The van der Waals surface area contributed by atoms with Crippen LogP contribution in [0.4, 0.5) is 5.69 Å². The van der Waals surface area contributed by atoms with Gasteiger partial charge in [-0.2, -0.15) is 0 Å². The lowest BCUT2D eigenvalue weighted by atomic mass is 10.0. The predicted octanol–water partition coefficient (Wildman–Crippen LogP) is 5.79. The summed E-state index contributed by atoms with van der Waals surface area (Å²) >= 11 is 0. The molecule has 0 aliphatic carbocycles. The van der Waals surface area contributed by atoms with Crippen LogP contribution in [-0.2, 0) is 4.79 Å². The van der Waals surface area contributed by atoms with E-state index >= 15 is 0 Å². The minimum absolute atomic E-state index is 0.0247. The molecule has 0 aliphatic heterocycles. The van der Waals surface area contributed by atoms with Crippen molar-refractivity contribution in [3.63, 3.8) is 0 Å². The summed E-state index contributed by atoms with van der Waals surface area (Å²) in [6.45, 7) is 7.16. The quantitative estimate of drug-likeness (QED) is 0.510. The molecule has 4 heteroatoms. The van der Waals surface area contributed by atoms with Gasteiger partial charge in [-0.05, 0) is 42.2 Å². The van der Waals surface area contributed by atoms with Gasteiger partial charge in [0, 0.05) is 11.8 Å². The molecule has 1 N–H and O–H groups in total. The Kier molecular flexibility index (Phi) is 8.69. The highest BCUT2D eigenvalue weighted by atomic mass is 16.5. The maximum Gasteiger partial charge on any atom is 0.262 e. The third-order valence-electron chi connectivity index (χ3n) is 4.30. The van der Waals surface area contributed by atoms with Crippen molar-refractivity contribution in [3.05, 3.63) is 54.1 Å². The van der Waals surface area contributed by atoms with Gasteiger partial charge >= 0.3 is 0 Å². The second-order valence-corrected chi connectivity index (χ2v) is 7.00. The fraction of sp³-hybridized carbons (Fsp3) is 0.435. The first kappa shape index (κ1) is 20.8. The lowest BCUT2D eigenvalue weighted by Crippen LogP contribution is -2.20. The Morgan fingerprint density at radius 2 is 1.74 bits per heavy atom. The second-order valence-electron chi connectivity index (χ2n) is 7.00. The predicted molar refractivity (Wildman–Crippen MR) is 111 cm³/mol. The molecule has 0 saturated heterocycles. The van der Waals surface area contributed by atoms with Gasteiger partial charge in [0.25, 0.3) is 5.91 Å². The van der Waals surface area contributed by atoms with Gasteiger partial charge in [-0.1, -0.05) is 58.2 Å². The van der Waals surface area contributed by atoms with E-state index in [1.807, 2.05) is 48.5 Å². The van der Waals surface area contributed by atoms with Crippen LogP contribution in [0.5, 0.6) is 11.5 Å². The number of anilines is 1. The first-order chi connectivity index (χ1) is 13.1. The number of nitrogens with one attached hydrogen (secondary N) is 1. The number of unbranched alkanes of at least 4 members (excludes halogenated alkanes) is 3. The summed E-state index contributed by atoms with van der Waals surface area (Å²) in [6.07, 6.45) is 4.68. The minimum atomic E-state index is -0.192. The van der Waals surface area contributed by atoms with E-state index < -0.39 is 0 Å². The highest BCUT2D eigenvalue weighted by molar-refractivity contribution is 5.92. The molecule has 0 atom stereocenters. The Morgan fingerprint density at radius 3 is 2.44 bits per heavy atom. The first-order valence-corrected chi connectivity index (χ1v) is 9.84. The number of carbonyl (C=O) groups is 1. The molecule has 146 valence electrons. The highest BCUT2D eigenvalue weighted by Gasteiger charge is 2.06. The van der Waals surface area contributed by atoms with Crippen molar-refractivity contribution in [2.75, 3.05) is 18.5 Å². The van der Waals surface area contributed by atoms with Crippen LogP contribution in [0.3, 0.4) is 0 Å². The summed E-state index contributed by atoms with van der Waals surface area (Å²) < 4.78 is 11.3. The Balaban J connectivity index is 1.77. The molecule has 1 amide bonds.